The number of rotatable bonds is 3. The van der Waals surface area contributed by atoms with Gasteiger partial charge in [-0.1, -0.05) is 115 Å². The summed E-state index contributed by atoms with van der Waals surface area (Å²) in [5, 5.41) is 5.46. The van der Waals surface area contributed by atoms with E-state index in [4.69, 9.17) is 4.98 Å². The van der Waals surface area contributed by atoms with E-state index in [-0.39, 0.29) is 10.8 Å². The first-order valence-electron chi connectivity index (χ1n) is 23.4. The zero-order valence-corrected chi connectivity index (χ0v) is 36.8. The topological polar surface area (TPSA) is 23.0 Å². The minimum absolute atomic E-state index is 0.0651. The second-order valence-electron chi connectivity index (χ2n) is 20.8. The Balaban J connectivity index is 1.27. The van der Waals surface area contributed by atoms with Crippen LogP contribution in [-0.4, -0.2) is 32.8 Å². The van der Waals surface area contributed by atoms with Crippen LogP contribution in [0, 0.1) is 19.8 Å². The summed E-state index contributed by atoms with van der Waals surface area (Å²) in [6.45, 7) is 16.7. The third-order valence-corrected chi connectivity index (χ3v) is 16.0. The number of hydrogen-bond acceptors (Lipinski definition) is 2. The van der Waals surface area contributed by atoms with E-state index in [1.807, 2.05) is 0 Å². The molecule has 59 heavy (non-hydrogen) atoms. The molecule has 2 unspecified atom stereocenters. The SMILES string of the molecule is Cc1ccc2ccc3c(c2c1C)C(C)(C)c1c-3nc[n+]2c1-c1c(ccc3cc(C(C)(C)C)ccc13)C21N(C2CCCCC2)C=C(C2C=CCCC2)C=[N+]1C1CCCCC1. The zero-order valence-electron chi connectivity index (χ0n) is 36.8. The Labute approximate surface area is 352 Å². The number of nitrogens with zero attached hydrogens (tertiary/aromatic N) is 4. The van der Waals surface area contributed by atoms with Crippen LogP contribution >= 0.6 is 0 Å². The minimum atomic E-state index is -0.561. The molecule has 2 aliphatic heterocycles. The first-order chi connectivity index (χ1) is 28.5. The third-order valence-electron chi connectivity index (χ3n) is 16.0. The van der Waals surface area contributed by atoms with Gasteiger partial charge in [-0.3, -0.25) is 4.90 Å². The van der Waals surface area contributed by atoms with Crippen molar-refractivity contribution in [1.29, 1.82) is 0 Å². The molecule has 302 valence electrons. The summed E-state index contributed by atoms with van der Waals surface area (Å²) in [7, 11) is 0. The number of aryl methyl sites for hydroxylation is 2. The summed E-state index contributed by atoms with van der Waals surface area (Å²) < 4.78 is 5.68. The molecule has 1 spiro atoms. The quantitative estimate of drug-likeness (QED) is 0.134. The number of allylic oxidation sites excluding steroid dienone is 3. The van der Waals surface area contributed by atoms with E-state index in [0.29, 0.717) is 18.0 Å². The zero-order chi connectivity index (χ0) is 40.4. The standard InChI is InChI=1S/C55H64N4/c1-35-23-24-38-25-28-45-49(47(38)36(35)2)54(6,7)50-51(45)56-34-59-52(50)48-44-29-27-41(53(3,4)5)31-39(44)26-30-46(48)55(59)57(42-19-13-9-14-20-42)32-40(37-17-11-8-12-18-37)33-58(55)43-21-15-10-16-22-43/h11,17,23-34,37,42-43H,8-10,12-16,18-22H2,1-7H3/q+2. The van der Waals surface area contributed by atoms with Crippen LogP contribution < -0.4 is 4.57 Å². The van der Waals surface area contributed by atoms with Gasteiger partial charge in [0, 0.05) is 53.1 Å². The van der Waals surface area contributed by atoms with Crippen LogP contribution in [0.3, 0.4) is 0 Å². The van der Waals surface area contributed by atoms with Gasteiger partial charge in [-0.2, -0.15) is 4.58 Å². The van der Waals surface area contributed by atoms with Gasteiger partial charge in [0.05, 0.1) is 5.56 Å². The van der Waals surface area contributed by atoms with E-state index in [0.717, 1.165) is 0 Å². The second-order valence-corrected chi connectivity index (χ2v) is 20.8. The molecule has 4 heteroatoms. The van der Waals surface area contributed by atoms with Crippen molar-refractivity contribution >= 4 is 27.8 Å². The van der Waals surface area contributed by atoms with Gasteiger partial charge in [0.2, 0.25) is 0 Å². The van der Waals surface area contributed by atoms with Crippen LogP contribution in [0.1, 0.15) is 151 Å². The largest absolute Gasteiger partial charge is 0.417 e. The third kappa shape index (κ3) is 5.36. The number of aromatic nitrogens is 2. The summed E-state index contributed by atoms with van der Waals surface area (Å²) in [5.74, 6) is -0.0999. The van der Waals surface area contributed by atoms with Crippen LogP contribution in [0.4, 0.5) is 0 Å². The lowest BCUT2D eigenvalue weighted by Crippen LogP contribution is -2.74. The predicted octanol–water partition coefficient (Wildman–Crippen LogP) is 12.8. The van der Waals surface area contributed by atoms with Gasteiger partial charge in [-0.05, 0) is 125 Å². The fourth-order valence-electron chi connectivity index (χ4n) is 12.8. The molecule has 11 rings (SSSR count). The number of fused-ring (bicyclic) bond motifs is 13. The minimum Gasteiger partial charge on any atom is -0.273 e. The first-order valence-corrected chi connectivity index (χ1v) is 23.4. The van der Waals surface area contributed by atoms with Crippen molar-refractivity contribution in [3.8, 4) is 22.5 Å². The molecular weight excluding hydrogens is 717 g/mol. The molecule has 0 bridgehead atoms. The molecule has 4 aliphatic carbocycles. The van der Waals surface area contributed by atoms with Gasteiger partial charge >= 0.3 is 5.79 Å². The van der Waals surface area contributed by atoms with Crippen molar-refractivity contribution in [3.63, 3.8) is 0 Å². The first kappa shape index (κ1) is 37.4. The van der Waals surface area contributed by atoms with E-state index in [2.05, 4.69) is 148 Å². The molecule has 2 atom stereocenters. The molecule has 0 radical (unpaired) electrons. The van der Waals surface area contributed by atoms with E-state index >= 15 is 0 Å². The monoisotopic (exact) mass is 781 g/mol. The lowest BCUT2D eigenvalue weighted by atomic mass is 9.77. The van der Waals surface area contributed by atoms with Crippen LogP contribution in [0.15, 0.2) is 84.8 Å². The fourth-order valence-corrected chi connectivity index (χ4v) is 12.8. The van der Waals surface area contributed by atoms with Crippen molar-refractivity contribution in [2.45, 2.75) is 161 Å². The maximum atomic E-state index is 5.72. The average molecular weight is 781 g/mol. The highest BCUT2D eigenvalue weighted by Crippen LogP contribution is 2.58. The molecule has 0 saturated heterocycles. The van der Waals surface area contributed by atoms with Crippen molar-refractivity contribution in [3.05, 3.63) is 118 Å². The Bertz CT molecular complexity index is 2650. The molecular formula is C55H64N4+2. The van der Waals surface area contributed by atoms with Crippen LogP contribution in [0.25, 0.3) is 44.1 Å². The summed E-state index contributed by atoms with van der Waals surface area (Å²) in [4.78, 5) is 8.66. The Morgan fingerprint density at radius 2 is 1.53 bits per heavy atom. The van der Waals surface area contributed by atoms with Crippen molar-refractivity contribution in [2.24, 2.45) is 5.92 Å². The van der Waals surface area contributed by atoms with Crippen LogP contribution in [-0.2, 0) is 16.6 Å². The Morgan fingerprint density at radius 3 is 2.27 bits per heavy atom. The molecule has 4 nitrogen and oxygen atoms in total. The maximum Gasteiger partial charge on any atom is 0.417 e. The predicted molar refractivity (Wildman–Crippen MR) is 244 cm³/mol. The number of hydrogen-bond donors (Lipinski definition) is 0. The highest BCUT2D eigenvalue weighted by molar-refractivity contribution is 6.04. The molecule has 0 amide bonds. The van der Waals surface area contributed by atoms with Crippen molar-refractivity contribution in [2.75, 3.05) is 0 Å². The van der Waals surface area contributed by atoms with Gasteiger partial charge in [0.1, 0.15) is 5.56 Å². The maximum absolute atomic E-state index is 5.72. The number of benzene rings is 4. The summed E-state index contributed by atoms with van der Waals surface area (Å²) in [6.07, 6.45) is 29.2. The molecule has 0 N–H and O–H groups in total. The highest BCUT2D eigenvalue weighted by atomic mass is 15.5. The normalized spacial score (nSPS) is 24.0. The molecule has 2 fully saturated rings. The lowest BCUT2D eigenvalue weighted by molar-refractivity contribution is -0.945. The Hall–Kier alpha value is -4.57. The molecule has 2 saturated carbocycles. The molecule has 3 heterocycles. The molecule has 6 aliphatic rings. The summed E-state index contributed by atoms with van der Waals surface area (Å²) >= 11 is 0. The van der Waals surface area contributed by atoms with Crippen molar-refractivity contribution < 1.29 is 9.14 Å². The molecule has 4 aromatic carbocycles. The lowest BCUT2D eigenvalue weighted by Gasteiger charge is -2.46. The van der Waals surface area contributed by atoms with E-state index in [9.17, 15) is 0 Å². The molecule has 5 aromatic rings. The average Bonchev–Trinajstić information content (AvgIpc) is 3.68. The van der Waals surface area contributed by atoms with Gasteiger partial charge < -0.3 is 0 Å². The van der Waals surface area contributed by atoms with Gasteiger partial charge in [0.25, 0.3) is 6.33 Å². The van der Waals surface area contributed by atoms with Crippen LogP contribution in [0.2, 0.25) is 0 Å². The Morgan fingerprint density at radius 1 is 0.780 bits per heavy atom. The van der Waals surface area contributed by atoms with Gasteiger partial charge in [-0.15, -0.1) is 4.57 Å². The summed E-state index contributed by atoms with van der Waals surface area (Å²) in [6, 6.07) is 22.7. The second kappa shape index (κ2) is 13.5. The van der Waals surface area contributed by atoms with E-state index in [1.54, 1.807) is 0 Å². The van der Waals surface area contributed by atoms with Crippen molar-refractivity contribution in [1.82, 2.24) is 9.88 Å². The Kier molecular flexibility index (Phi) is 8.54. The molecule has 1 aromatic heterocycles. The fraction of sp³-hybridized carbons (Fsp3) is 0.473. The van der Waals surface area contributed by atoms with E-state index in [1.165, 1.54) is 166 Å². The van der Waals surface area contributed by atoms with Gasteiger partial charge in [-0.25, -0.2) is 0 Å². The smallest absolute Gasteiger partial charge is 0.273 e. The highest BCUT2D eigenvalue weighted by Gasteiger charge is 2.67. The summed E-state index contributed by atoms with van der Waals surface area (Å²) in [5.41, 5.74) is 15.0. The van der Waals surface area contributed by atoms with E-state index < -0.39 is 5.79 Å². The van der Waals surface area contributed by atoms with Gasteiger partial charge in [0.15, 0.2) is 23.6 Å². The van der Waals surface area contributed by atoms with Crippen LogP contribution in [0.5, 0.6) is 0 Å².